The minimum absolute atomic E-state index is 0.0799. The van der Waals surface area contributed by atoms with Gasteiger partial charge in [0.25, 0.3) is 0 Å². The van der Waals surface area contributed by atoms with Gasteiger partial charge in [0, 0.05) is 11.4 Å². The number of carboxylic acids is 1. The molecule has 0 bridgehead atoms. The highest BCUT2D eigenvalue weighted by atomic mass is 32.1. The maximum absolute atomic E-state index is 10.8. The van der Waals surface area contributed by atoms with E-state index in [-0.39, 0.29) is 6.42 Å². The molecule has 22 heavy (non-hydrogen) atoms. The number of carbonyl (C=O) groups is 1. The van der Waals surface area contributed by atoms with E-state index < -0.39 is 5.97 Å². The number of hydrogen-bond acceptors (Lipinski definition) is 4. The van der Waals surface area contributed by atoms with Crippen molar-refractivity contribution in [2.75, 3.05) is 18.0 Å². The third-order valence-electron chi connectivity index (χ3n) is 4.30. The quantitative estimate of drug-likeness (QED) is 0.847. The van der Waals surface area contributed by atoms with Gasteiger partial charge in [-0.1, -0.05) is 26.7 Å². The van der Waals surface area contributed by atoms with Crippen LogP contribution >= 0.6 is 11.3 Å². The Morgan fingerprint density at radius 3 is 2.86 bits per heavy atom. The van der Waals surface area contributed by atoms with Crippen molar-refractivity contribution in [3.8, 4) is 12.3 Å². The topological polar surface area (TPSA) is 53.4 Å². The van der Waals surface area contributed by atoms with Crippen LogP contribution in [0, 0.1) is 23.7 Å². The maximum Gasteiger partial charge on any atom is 0.305 e. The molecule has 1 atom stereocenters. The average molecular weight is 320 g/mol. The summed E-state index contributed by atoms with van der Waals surface area (Å²) in [6.45, 7) is 7.70. The highest BCUT2D eigenvalue weighted by molar-refractivity contribution is 7.15. The number of fused-ring (bicyclic) bond motifs is 1. The Hall–Kier alpha value is -1.54. The van der Waals surface area contributed by atoms with E-state index >= 15 is 0 Å². The Morgan fingerprint density at radius 1 is 1.55 bits per heavy atom. The van der Waals surface area contributed by atoms with Crippen LogP contribution in [0.5, 0.6) is 0 Å². The largest absolute Gasteiger partial charge is 0.481 e. The fourth-order valence-electron chi connectivity index (χ4n) is 2.82. The number of rotatable bonds is 5. The van der Waals surface area contributed by atoms with Crippen molar-refractivity contribution >= 4 is 22.4 Å². The minimum atomic E-state index is -0.809. The van der Waals surface area contributed by atoms with Gasteiger partial charge in [0.2, 0.25) is 0 Å². The Morgan fingerprint density at radius 2 is 2.27 bits per heavy atom. The molecule has 0 spiro atoms. The Balaban J connectivity index is 2.15. The van der Waals surface area contributed by atoms with Gasteiger partial charge < -0.3 is 10.0 Å². The molecular formula is C17H24N2O2S. The number of nitrogens with zero attached hydrogens (tertiary/aromatic N) is 2. The first-order chi connectivity index (χ1) is 10.3. The van der Waals surface area contributed by atoms with Crippen molar-refractivity contribution < 1.29 is 9.90 Å². The zero-order valence-corrected chi connectivity index (χ0v) is 14.4. The van der Waals surface area contributed by atoms with Crippen molar-refractivity contribution in [2.24, 2.45) is 11.3 Å². The molecule has 1 N–H and O–H groups in total. The van der Waals surface area contributed by atoms with Crippen LogP contribution in [-0.2, 0) is 17.6 Å². The SMILES string of the molecule is C#CCN(CCC(=O)O)c1nc2c(s1)CC(C(C)(C)C)CC2. The van der Waals surface area contributed by atoms with Gasteiger partial charge in [-0.25, -0.2) is 4.98 Å². The lowest BCUT2D eigenvalue weighted by Gasteiger charge is -2.33. The van der Waals surface area contributed by atoms with E-state index in [0.717, 1.165) is 18.0 Å². The van der Waals surface area contributed by atoms with E-state index in [0.29, 0.717) is 24.4 Å². The molecule has 2 rings (SSSR count). The van der Waals surface area contributed by atoms with E-state index in [9.17, 15) is 4.79 Å². The average Bonchev–Trinajstić information content (AvgIpc) is 2.84. The fraction of sp³-hybridized carbons (Fsp3) is 0.647. The number of aliphatic carboxylic acids is 1. The number of hydrogen-bond donors (Lipinski definition) is 1. The normalized spacial score (nSPS) is 17.6. The molecule has 0 amide bonds. The number of aryl methyl sites for hydroxylation is 1. The molecule has 4 nitrogen and oxygen atoms in total. The molecule has 0 saturated heterocycles. The summed E-state index contributed by atoms with van der Waals surface area (Å²) in [4.78, 5) is 18.8. The summed E-state index contributed by atoms with van der Waals surface area (Å²) in [6, 6.07) is 0. The summed E-state index contributed by atoms with van der Waals surface area (Å²) in [5.41, 5.74) is 1.49. The fourth-order valence-corrected chi connectivity index (χ4v) is 4.03. The van der Waals surface area contributed by atoms with Crippen LogP contribution in [0.3, 0.4) is 0 Å². The summed E-state index contributed by atoms with van der Waals surface area (Å²) in [6.07, 6.45) is 8.74. The van der Waals surface area contributed by atoms with Gasteiger partial charge in [-0.3, -0.25) is 4.79 Å². The van der Waals surface area contributed by atoms with E-state index in [2.05, 4.69) is 26.7 Å². The van der Waals surface area contributed by atoms with Crippen LogP contribution in [0.25, 0.3) is 0 Å². The van der Waals surface area contributed by atoms with Crippen LogP contribution in [0.4, 0.5) is 5.13 Å². The zero-order valence-electron chi connectivity index (χ0n) is 13.6. The van der Waals surface area contributed by atoms with Gasteiger partial charge in [-0.05, 0) is 30.6 Å². The van der Waals surface area contributed by atoms with E-state index in [1.165, 1.54) is 17.0 Å². The molecular weight excluding hydrogens is 296 g/mol. The molecule has 120 valence electrons. The van der Waals surface area contributed by atoms with Gasteiger partial charge in [0.05, 0.1) is 18.7 Å². The molecule has 1 unspecified atom stereocenters. The first-order valence-electron chi connectivity index (χ1n) is 7.70. The van der Waals surface area contributed by atoms with Gasteiger partial charge in [0.1, 0.15) is 0 Å². The molecule has 0 aromatic carbocycles. The second-order valence-electron chi connectivity index (χ2n) is 6.94. The van der Waals surface area contributed by atoms with E-state index in [4.69, 9.17) is 16.5 Å². The minimum Gasteiger partial charge on any atom is -0.481 e. The van der Waals surface area contributed by atoms with Crippen molar-refractivity contribution in [3.05, 3.63) is 10.6 Å². The number of aromatic nitrogens is 1. The van der Waals surface area contributed by atoms with E-state index in [1.54, 1.807) is 11.3 Å². The Labute approximate surface area is 136 Å². The van der Waals surface area contributed by atoms with Crippen molar-refractivity contribution in [3.63, 3.8) is 0 Å². The summed E-state index contributed by atoms with van der Waals surface area (Å²) in [5.74, 6) is 2.47. The highest BCUT2D eigenvalue weighted by Gasteiger charge is 2.31. The van der Waals surface area contributed by atoms with Gasteiger partial charge in [-0.2, -0.15) is 0 Å². The monoisotopic (exact) mass is 320 g/mol. The second kappa shape index (κ2) is 6.70. The molecule has 1 heterocycles. The van der Waals surface area contributed by atoms with Crippen molar-refractivity contribution in [2.45, 2.75) is 46.5 Å². The van der Waals surface area contributed by atoms with Gasteiger partial charge >= 0.3 is 5.97 Å². The Bertz CT molecular complexity index is 580. The lowest BCUT2D eigenvalue weighted by molar-refractivity contribution is -0.136. The number of anilines is 1. The number of carboxylic acid groups (broad SMARTS) is 1. The molecule has 0 aliphatic heterocycles. The van der Waals surface area contributed by atoms with Gasteiger partial charge in [0.15, 0.2) is 5.13 Å². The molecule has 0 saturated carbocycles. The summed E-state index contributed by atoms with van der Waals surface area (Å²) >= 11 is 1.68. The first kappa shape index (κ1) is 16.8. The van der Waals surface area contributed by atoms with Crippen LogP contribution in [0.2, 0.25) is 0 Å². The molecule has 1 aliphatic rings. The van der Waals surface area contributed by atoms with Crippen LogP contribution in [0.15, 0.2) is 0 Å². The first-order valence-corrected chi connectivity index (χ1v) is 8.51. The van der Waals surface area contributed by atoms with Crippen molar-refractivity contribution in [1.29, 1.82) is 0 Å². The summed E-state index contributed by atoms with van der Waals surface area (Å²) < 4.78 is 0. The molecule has 0 fully saturated rings. The number of terminal acetylenes is 1. The molecule has 1 aliphatic carbocycles. The summed E-state index contributed by atoms with van der Waals surface area (Å²) in [7, 11) is 0. The maximum atomic E-state index is 10.8. The van der Waals surface area contributed by atoms with Crippen molar-refractivity contribution in [1.82, 2.24) is 4.98 Å². The molecule has 0 radical (unpaired) electrons. The van der Waals surface area contributed by atoms with Crippen LogP contribution < -0.4 is 4.90 Å². The van der Waals surface area contributed by atoms with Crippen LogP contribution in [0.1, 0.15) is 44.2 Å². The lowest BCUT2D eigenvalue weighted by atomic mass is 9.73. The van der Waals surface area contributed by atoms with Gasteiger partial charge in [-0.15, -0.1) is 17.8 Å². The van der Waals surface area contributed by atoms with E-state index in [1.807, 2.05) is 4.90 Å². The third-order valence-corrected chi connectivity index (χ3v) is 5.48. The smallest absolute Gasteiger partial charge is 0.305 e. The number of thiazole rings is 1. The Kier molecular flexibility index (Phi) is 5.12. The molecule has 1 aromatic rings. The summed E-state index contributed by atoms with van der Waals surface area (Å²) in [5, 5.41) is 9.74. The predicted octanol–water partition coefficient (Wildman–Crippen LogP) is 3.21. The standard InChI is InChI=1S/C17H24N2O2S/c1-5-9-19(10-8-15(20)21)16-18-13-7-6-12(17(2,3)4)11-14(13)22-16/h1,12H,6-11H2,2-4H3,(H,20,21). The third kappa shape index (κ3) is 4.01. The lowest BCUT2D eigenvalue weighted by Crippen LogP contribution is -2.26. The highest BCUT2D eigenvalue weighted by Crippen LogP contribution is 2.40. The molecule has 5 heteroatoms. The molecule has 1 aromatic heterocycles. The predicted molar refractivity (Wildman–Crippen MR) is 90.4 cm³/mol. The second-order valence-corrected chi connectivity index (χ2v) is 8.00. The van der Waals surface area contributed by atoms with Crippen LogP contribution in [-0.4, -0.2) is 29.1 Å². The zero-order chi connectivity index (χ0) is 16.3.